The number of anilines is 1. The van der Waals surface area contributed by atoms with Gasteiger partial charge in [-0.2, -0.15) is 0 Å². The molecule has 0 spiro atoms. The number of amides is 2. The zero-order valence-corrected chi connectivity index (χ0v) is 14.4. The Hall–Kier alpha value is -2.37. The van der Waals surface area contributed by atoms with Crippen molar-refractivity contribution < 1.29 is 19.1 Å². The van der Waals surface area contributed by atoms with E-state index in [0.29, 0.717) is 30.6 Å². The fourth-order valence-corrected chi connectivity index (χ4v) is 2.62. The van der Waals surface area contributed by atoms with Crippen LogP contribution in [0, 0.1) is 5.41 Å². The first-order valence-corrected chi connectivity index (χ1v) is 8.20. The van der Waals surface area contributed by atoms with E-state index in [1.54, 1.807) is 36.2 Å². The number of esters is 1. The number of hydrogen-bond donors (Lipinski definition) is 1. The Kier molecular flexibility index (Phi) is 5.59. The highest BCUT2D eigenvalue weighted by Crippen LogP contribution is 2.48. The minimum atomic E-state index is -0.955. The van der Waals surface area contributed by atoms with Gasteiger partial charge in [0.25, 0.3) is 0 Å². The molecule has 24 heavy (non-hydrogen) atoms. The summed E-state index contributed by atoms with van der Waals surface area (Å²) in [5.74, 6) is -0.905. The number of carbonyl (C=O) groups is 3. The topological polar surface area (TPSA) is 75.7 Å². The molecule has 0 aliphatic heterocycles. The summed E-state index contributed by atoms with van der Waals surface area (Å²) in [6.45, 7) is 2.72. The molecule has 1 aromatic carbocycles. The van der Waals surface area contributed by atoms with Crippen molar-refractivity contribution in [2.24, 2.45) is 5.41 Å². The van der Waals surface area contributed by atoms with Crippen LogP contribution in [-0.2, 0) is 14.3 Å². The van der Waals surface area contributed by atoms with Crippen molar-refractivity contribution in [3.05, 3.63) is 29.8 Å². The molecule has 6 nitrogen and oxygen atoms in total. The summed E-state index contributed by atoms with van der Waals surface area (Å²) < 4.78 is 4.67. The molecule has 2 rings (SSSR count). The number of nitrogens with zero attached hydrogens (tertiary/aromatic N) is 1. The van der Waals surface area contributed by atoms with Crippen molar-refractivity contribution in [2.45, 2.75) is 32.6 Å². The number of methoxy groups -OCH3 is 1. The fraction of sp³-hybridized carbons (Fsp3) is 0.500. The van der Waals surface area contributed by atoms with Crippen molar-refractivity contribution in [2.75, 3.05) is 26.0 Å². The van der Waals surface area contributed by atoms with Crippen molar-refractivity contribution in [1.29, 1.82) is 0 Å². The summed E-state index contributed by atoms with van der Waals surface area (Å²) >= 11 is 0. The van der Waals surface area contributed by atoms with Crippen LogP contribution in [0.3, 0.4) is 0 Å². The van der Waals surface area contributed by atoms with Gasteiger partial charge in [0.1, 0.15) is 5.41 Å². The number of benzene rings is 1. The number of carbonyl (C=O) groups excluding carboxylic acids is 3. The Bertz CT molecular complexity index is 638. The Morgan fingerprint density at radius 2 is 2.00 bits per heavy atom. The molecule has 1 saturated carbocycles. The molecule has 1 aliphatic carbocycles. The summed E-state index contributed by atoms with van der Waals surface area (Å²) in [5.41, 5.74) is -0.117. The molecule has 0 atom stereocenters. The number of nitrogens with one attached hydrogen (secondary N) is 1. The van der Waals surface area contributed by atoms with Crippen LogP contribution < -0.4 is 5.32 Å². The Balaban J connectivity index is 2.06. The maximum absolute atomic E-state index is 12.6. The summed E-state index contributed by atoms with van der Waals surface area (Å²) in [5, 5.41) is 2.76. The zero-order valence-electron chi connectivity index (χ0n) is 14.4. The summed E-state index contributed by atoms with van der Waals surface area (Å²) in [6, 6.07) is 6.51. The van der Waals surface area contributed by atoms with E-state index in [2.05, 4.69) is 17.0 Å². The number of hydrogen-bond acceptors (Lipinski definition) is 4. The number of rotatable bonds is 7. The van der Waals surface area contributed by atoms with Gasteiger partial charge in [0, 0.05) is 19.3 Å². The maximum atomic E-state index is 12.6. The van der Waals surface area contributed by atoms with Gasteiger partial charge >= 0.3 is 5.97 Å². The standard InChI is InChI=1S/C18H24N2O4/c1-4-5-11-20(2)17(23)18(9-10-18)16(22)19-14-8-6-7-13(12-14)15(21)24-3/h6-8,12H,4-5,9-11H2,1-3H3,(H,19,22). The van der Waals surface area contributed by atoms with E-state index >= 15 is 0 Å². The first kappa shape index (κ1) is 18.0. The van der Waals surface area contributed by atoms with Crippen LogP contribution >= 0.6 is 0 Å². The first-order valence-electron chi connectivity index (χ1n) is 8.20. The van der Waals surface area contributed by atoms with E-state index in [-0.39, 0.29) is 11.8 Å². The molecule has 0 unspecified atom stereocenters. The Morgan fingerprint density at radius 1 is 1.29 bits per heavy atom. The monoisotopic (exact) mass is 332 g/mol. The van der Waals surface area contributed by atoms with Gasteiger partial charge in [-0.05, 0) is 37.5 Å². The third-order valence-electron chi connectivity index (χ3n) is 4.33. The zero-order chi connectivity index (χ0) is 17.7. The molecule has 1 fully saturated rings. The minimum absolute atomic E-state index is 0.127. The predicted molar refractivity (Wildman–Crippen MR) is 90.6 cm³/mol. The third-order valence-corrected chi connectivity index (χ3v) is 4.33. The second kappa shape index (κ2) is 7.47. The average Bonchev–Trinajstić information content (AvgIpc) is 3.40. The highest BCUT2D eigenvalue weighted by Gasteiger charge is 2.57. The lowest BCUT2D eigenvalue weighted by Gasteiger charge is -2.23. The quantitative estimate of drug-likeness (QED) is 0.615. The van der Waals surface area contributed by atoms with Gasteiger partial charge in [-0.15, -0.1) is 0 Å². The molecule has 6 heteroatoms. The van der Waals surface area contributed by atoms with Crippen LogP contribution in [0.2, 0.25) is 0 Å². The lowest BCUT2D eigenvalue weighted by atomic mass is 10.0. The number of ether oxygens (including phenoxy) is 1. The van der Waals surface area contributed by atoms with Gasteiger partial charge in [-0.3, -0.25) is 9.59 Å². The maximum Gasteiger partial charge on any atom is 0.337 e. The molecule has 1 N–H and O–H groups in total. The van der Waals surface area contributed by atoms with E-state index in [0.717, 1.165) is 12.8 Å². The molecular formula is C18H24N2O4. The van der Waals surface area contributed by atoms with E-state index < -0.39 is 11.4 Å². The van der Waals surface area contributed by atoms with E-state index in [1.165, 1.54) is 7.11 Å². The normalized spacial score (nSPS) is 14.6. The van der Waals surface area contributed by atoms with Crippen LogP contribution in [-0.4, -0.2) is 43.4 Å². The lowest BCUT2D eigenvalue weighted by Crippen LogP contribution is -2.41. The van der Waals surface area contributed by atoms with Crippen molar-refractivity contribution >= 4 is 23.5 Å². The molecule has 1 aliphatic rings. The van der Waals surface area contributed by atoms with Crippen LogP contribution in [0.5, 0.6) is 0 Å². The van der Waals surface area contributed by atoms with Gasteiger partial charge in [-0.25, -0.2) is 4.79 Å². The summed E-state index contributed by atoms with van der Waals surface area (Å²) in [6.07, 6.45) is 3.04. The Labute approximate surface area is 142 Å². The highest BCUT2D eigenvalue weighted by molar-refractivity contribution is 6.13. The molecule has 0 radical (unpaired) electrons. The van der Waals surface area contributed by atoms with Gasteiger partial charge in [0.05, 0.1) is 12.7 Å². The molecule has 0 aromatic heterocycles. The van der Waals surface area contributed by atoms with E-state index in [1.807, 2.05) is 0 Å². The molecule has 0 heterocycles. The van der Waals surface area contributed by atoms with E-state index in [4.69, 9.17) is 0 Å². The summed E-state index contributed by atoms with van der Waals surface area (Å²) in [7, 11) is 3.04. The fourth-order valence-electron chi connectivity index (χ4n) is 2.62. The molecule has 0 saturated heterocycles. The Morgan fingerprint density at radius 3 is 2.58 bits per heavy atom. The second-order valence-electron chi connectivity index (χ2n) is 6.19. The van der Waals surface area contributed by atoms with Crippen molar-refractivity contribution in [3.8, 4) is 0 Å². The van der Waals surface area contributed by atoms with Gasteiger partial charge in [0.2, 0.25) is 11.8 Å². The summed E-state index contributed by atoms with van der Waals surface area (Å²) in [4.78, 5) is 38.4. The smallest absolute Gasteiger partial charge is 0.337 e. The molecular weight excluding hydrogens is 308 g/mol. The first-order chi connectivity index (χ1) is 11.4. The van der Waals surface area contributed by atoms with Gasteiger partial charge in [0.15, 0.2) is 0 Å². The molecule has 1 aromatic rings. The van der Waals surface area contributed by atoms with Crippen molar-refractivity contribution in [1.82, 2.24) is 4.90 Å². The van der Waals surface area contributed by atoms with E-state index in [9.17, 15) is 14.4 Å². The highest BCUT2D eigenvalue weighted by atomic mass is 16.5. The third kappa shape index (κ3) is 3.75. The lowest BCUT2D eigenvalue weighted by molar-refractivity contribution is -0.141. The van der Waals surface area contributed by atoms with Crippen LogP contribution in [0.25, 0.3) is 0 Å². The molecule has 2 amide bonds. The second-order valence-corrected chi connectivity index (χ2v) is 6.19. The van der Waals surface area contributed by atoms with Gasteiger partial charge in [-0.1, -0.05) is 19.4 Å². The van der Waals surface area contributed by atoms with Crippen LogP contribution in [0.15, 0.2) is 24.3 Å². The largest absolute Gasteiger partial charge is 0.465 e. The minimum Gasteiger partial charge on any atom is -0.465 e. The molecule has 130 valence electrons. The van der Waals surface area contributed by atoms with Crippen LogP contribution in [0.1, 0.15) is 43.0 Å². The van der Waals surface area contributed by atoms with Gasteiger partial charge < -0.3 is 15.0 Å². The predicted octanol–water partition coefficient (Wildman–Crippen LogP) is 2.45. The van der Waals surface area contributed by atoms with Crippen LogP contribution in [0.4, 0.5) is 5.69 Å². The SMILES string of the molecule is CCCCN(C)C(=O)C1(C(=O)Nc2cccc(C(=O)OC)c2)CC1. The molecule has 0 bridgehead atoms. The van der Waals surface area contributed by atoms with Crippen molar-refractivity contribution in [3.63, 3.8) is 0 Å². The average molecular weight is 332 g/mol. The number of unbranched alkanes of at least 4 members (excludes halogenated alkanes) is 1.